The SMILES string of the molecule is CCCC(C)(Cc1ccc(C(C)(C)C)cc1)C(=O)O. The van der Waals surface area contributed by atoms with Crippen molar-refractivity contribution >= 4 is 5.97 Å². The van der Waals surface area contributed by atoms with Gasteiger partial charge in [-0.15, -0.1) is 0 Å². The first-order valence-corrected chi connectivity index (χ1v) is 7.02. The van der Waals surface area contributed by atoms with E-state index in [9.17, 15) is 9.90 Å². The summed E-state index contributed by atoms with van der Waals surface area (Å²) in [7, 11) is 0. The van der Waals surface area contributed by atoms with Crippen LogP contribution in [0.4, 0.5) is 0 Å². The van der Waals surface area contributed by atoms with Crippen LogP contribution in [-0.2, 0) is 16.6 Å². The van der Waals surface area contributed by atoms with Gasteiger partial charge in [-0.05, 0) is 36.3 Å². The maximum Gasteiger partial charge on any atom is 0.309 e. The zero-order valence-corrected chi connectivity index (χ0v) is 12.8. The second-order valence-electron chi connectivity index (χ2n) is 6.74. The largest absolute Gasteiger partial charge is 0.481 e. The first kappa shape index (κ1) is 15.7. The van der Waals surface area contributed by atoms with Crippen molar-refractivity contribution in [3.05, 3.63) is 35.4 Å². The Morgan fingerprint density at radius 1 is 1.11 bits per heavy atom. The molecule has 0 saturated heterocycles. The molecule has 0 aliphatic carbocycles. The number of carboxylic acid groups (broad SMARTS) is 1. The van der Waals surface area contributed by atoms with Crippen LogP contribution in [0.25, 0.3) is 0 Å². The second-order valence-corrected chi connectivity index (χ2v) is 6.74. The molecule has 1 aromatic rings. The average molecular weight is 262 g/mol. The van der Waals surface area contributed by atoms with E-state index in [-0.39, 0.29) is 5.41 Å². The molecule has 0 amide bonds. The number of carbonyl (C=O) groups is 1. The van der Waals surface area contributed by atoms with Crippen LogP contribution < -0.4 is 0 Å². The third-order valence-corrected chi connectivity index (χ3v) is 3.73. The lowest BCUT2D eigenvalue weighted by Gasteiger charge is -2.25. The van der Waals surface area contributed by atoms with Crippen molar-refractivity contribution in [1.82, 2.24) is 0 Å². The van der Waals surface area contributed by atoms with Gasteiger partial charge in [0.25, 0.3) is 0 Å². The molecule has 2 nitrogen and oxygen atoms in total. The summed E-state index contributed by atoms with van der Waals surface area (Å²) in [5.41, 5.74) is 1.87. The summed E-state index contributed by atoms with van der Waals surface area (Å²) in [6.07, 6.45) is 2.20. The molecule has 106 valence electrons. The molecule has 0 saturated carbocycles. The third-order valence-electron chi connectivity index (χ3n) is 3.73. The molecule has 0 bridgehead atoms. The standard InChI is InChI=1S/C17H26O2/c1-6-11-17(5,15(18)19)12-13-7-9-14(10-8-13)16(2,3)4/h7-10H,6,11-12H2,1-5H3,(H,18,19). The predicted molar refractivity (Wildman–Crippen MR) is 79.5 cm³/mol. The molecule has 1 unspecified atom stereocenters. The number of hydrogen-bond acceptors (Lipinski definition) is 1. The van der Waals surface area contributed by atoms with Crippen molar-refractivity contribution in [3.63, 3.8) is 0 Å². The lowest BCUT2D eigenvalue weighted by atomic mass is 9.79. The van der Waals surface area contributed by atoms with Crippen LogP contribution in [0.1, 0.15) is 58.6 Å². The first-order valence-electron chi connectivity index (χ1n) is 7.02. The summed E-state index contributed by atoms with van der Waals surface area (Å²) < 4.78 is 0. The summed E-state index contributed by atoms with van der Waals surface area (Å²) >= 11 is 0. The maximum atomic E-state index is 11.4. The summed E-state index contributed by atoms with van der Waals surface area (Å²) in [6.45, 7) is 10.4. The molecule has 0 heterocycles. The minimum absolute atomic E-state index is 0.137. The lowest BCUT2D eigenvalue weighted by molar-refractivity contribution is -0.148. The van der Waals surface area contributed by atoms with Crippen molar-refractivity contribution in [2.45, 2.75) is 59.3 Å². The molecule has 19 heavy (non-hydrogen) atoms. The smallest absolute Gasteiger partial charge is 0.309 e. The van der Waals surface area contributed by atoms with Gasteiger partial charge in [0, 0.05) is 0 Å². The quantitative estimate of drug-likeness (QED) is 0.853. The Hall–Kier alpha value is -1.31. The minimum atomic E-state index is -0.700. The monoisotopic (exact) mass is 262 g/mol. The Bertz CT molecular complexity index is 426. The van der Waals surface area contributed by atoms with Crippen molar-refractivity contribution in [3.8, 4) is 0 Å². The van der Waals surface area contributed by atoms with Crippen LogP contribution in [0.15, 0.2) is 24.3 Å². The second kappa shape index (κ2) is 5.77. The van der Waals surface area contributed by atoms with Crippen molar-refractivity contribution < 1.29 is 9.90 Å². The fraction of sp³-hybridized carbons (Fsp3) is 0.588. The molecule has 0 fully saturated rings. The van der Waals surface area contributed by atoms with E-state index in [2.05, 4.69) is 45.0 Å². The Kier molecular flexibility index (Phi) is 4.78. The first-order chi connectivity index (χ1) is 8.69. The van der Waals surface area contributed by atoms with Crippen LogP contribution in [0.3, 0.4) is 0 Å². The van der Waals surface area contributed by atoms with Gasteiger partial charge >= 0.3 is 5.97 Å². The average Bonchev–Trinajstić information content (AvgIpc) is 2.28. The minimum Gasteiger partial charge on any atom is -0.481 e. The van der Waals surface area contributed by atoms with Crippen molar-refractivity contribution in [2.75, 3.05) is 0 Å². The highest BCUT2D eigenvalue weighted by Gasteiger charge is 2.32. The van der Waals surface area contributed by atoms with Crippen molar-refractivity contribution in [2.24, 2.45) is 5.41 Å². The summed E-state index contributed by atoms with van der Waals surface area (Å²) in [5.74, 6) is -0.700. The van der Waals surface area contributed by atoms with Crippen LogP contribution in [0, 0.1) is 5.41 Å². The van der Waals surface area contributed by atoms with E-state index in [4.69, 9.17) is 0 Å². The van der Waals surface area contributed by atoms with Gasteiger partial charge in [-0.1, -0.05) is 58.4 Å². The van der Waals surface area contributed by atoms with Crippen LogP contribution >= 0.6 is 0 Å². The van der Waals surface area contributed by atoms with Gasteiger partial charge < -0.3 is 5.11 Å². The molecule has 0 aromatic heterocycles. The van der Waals surface area contributed by atoms with E-state index in [0.29, 0.717) is 12.8 Å². The molecule has 1 aromatic carbocycles. The van der Waals surface area contributed by atoms with Gasteiger partial charge in [-0.2, -0.15) is 0 Å². The number of hydrogen-bond donors (Lipinski definition) is 1. The summed E-state index contributed by atoms with van der Waals surface area (Å²) in [5, 5.41) is 9.41. The van der Waals surface area contributed by atoms with Gasteiger partial charge in [0.15, 0.2) is 0 Å². The highest BCUT2D eigenvalue weighted by atomic mass is 16.4. The van der Waals surface area contributed by atoms with Crippen molar-refractivity contribution in [1.29, 1.82) is 0 Å². The van der Waals surface area contributed by atoms with E-state index < -0.39 is 11.4 Å². The zero-order valence-electron chi connectivity index (χ0n) is 12.8. The highest BCUT2D eigenvalue weighted by Crippen LogP contribution is 2.30. The predicted octanol–water partition coefficient (Wildman–Crippen LogP) is 4.42. The van der Waals surface area contributed by atoms with Gasteiger partial charge in [-0.3, -0.25) is 4.79 Å². The Morgan fingerprint density at radius 2 is 1.63 bits per heavy atom. The highest BCUT2D eigenvalue weighted by molar-refractivity contribution is 5.74. The molecule has 0 aliphatic heterocycles. The molecule has 1 N–H and O–H groups in total. The third kappa shape index (κ3) is 4.09. The van der Waals surface area contributed by atoms with E-state index >= 15 is 0 Å². The van der Waals surface area contributed by atoms with E-state index in [1.807, 2.05) is 13.8 Å². The topological polar surface area (TPSA) is 37.3 Å². The van der Waals surface area contributed by atoms with Crippen LogP contribution in [0.5, 0.6) is 0 Å². The molecule has 0 radical (unpaired) electrons. The molecular weight excluding hydrogens is 236 g/mol. The molecule has 0 spiro atoms. The lowest BCUT2D eigenvalue weighted by Crippen LogP contribution is -2.29. The number of carboxylic acids is 1. The fourth-order valence-electron chi connectivity index (χ4n) is 2.40. The molecular formula is C17H26O2. The Balaban J connectivity index is 2.90. The van der Waals surface area contributed by atoms with Gasteiger partial charge in [-0.25, -0.2) is 0 Å². The molecule has 1 atom stereocenters. The summed E-state index contributed by atoms with van der Waals surface area (Å²) in [4.78, 5) is 11.4. The van der Waals surface area contributed by atoms with Gasteiger partial charge in [0.05, 0.1) is 5.41 Å². The van der Waals surface area contributed by atoms with Gasteiger partial charge in [0.1, 0.15) is 0 Å². The Morgan fingerprint density at radius 3 is 2.00 bits per heavy atom. The number of benzene rings is 1. The number of rotatable bonds is 5. The zero-order chi connectivity index (χ0) is 14.7. The van der Waals surface area contributed by atoms with Crippen LogP contribution in [0.2, 0.25) is 0 Å². The fourth-order valence-corrected chi connectivity index (χ4v) is 2.40. The molecule has 2 heteroatoms. The van der Waals surface area contributed by atoms with E-state index in [1.165, 1.54) is 5.56 Å². The summed E-state index contributed by atoms with van der Waals surface area (Å²) in [6, 6.07) is 8.36. The van der Waals surface area contributed by atoms with Crippen LogP contribution in [-0.4, -0.2) is 11.1 Å². The number of aliphatic carboxylic acids is 1. The molecule has 1 rings (SSSR count). The molecule has 0 aliphatic rings. The van der Waals surface area contributed by atoms with E-state index in [0.717, 1.165) is 12.0 Å². The maximum absolute atomic E-state index is 11.4. The Labute approximate surface area is 116 Å². The van der Waals surface area contributed by atoms with E-state index in [1.54, 1.807) is 0 Å². The normalized spacial score (nSPS) is 15.0. The van der Waals surface area contributed by atoms with Gasteiger partial charge in [0.2, 0.25) is 0 Å².